The highest BCUT2D eigenvalue weighted by Crippen LogP contribution is 2.35. The number of benzene rings is 1. The molecule has 8 heteroatoms. The first-order valence-corrected chi connectivity index (χ1v) is 5.97. The van der Waals surface area contributed by atoms with Crippen molar-refractivity contribution in [3.63, 3.8) is 0 Å². The Kier molecular flexibility index (Phi) is 4.99. The lowest BCUT2D eigenvalue weighted by atomic mass is 9.94. The van der Waals surface area contributed by atoms with Crippen LogP contribution < -0.4 is 11.1 Å². The fourth-order valence-electron chi connectivity index (χ4n) is 1.66. The zero-order valence-corrected chi connectivity index (χ0v) is 11.5. The summed E-state index contributed by atoms with van der Waals surface area (Å²) in [7, 11) is 0. The Labute approximate surface area is 118 Å². The van der Waals surface area contributed by atoms with E-state index in [9.17, 15) is 18.0 Å². The lowest BCUT2D eigenvalue weighted by molar-refractivity contribution is -0.138. The molecule has 0 bridgehead atoms. The first kappa shape index (κ1) is 16.3. The topological polar surface area (TPSA) is 67.5 Å². The first-order valence-electron chi connectivity index (χ1n) is 5.63. The van der Waals surface area contributed by atoms with Crippen molar-refractivity contribution in [2.24, 2.45) is 10.2 Å². The minimum Gasteiger partial charge on any atom is -0.369 e. The molecule has 0 aliphatic carbocycles. The molecule has 4 nitrogen and oxygen atoms in total. The van der Waals surface area contributed by atoms with Crippen LogP contribution in [0.25, 0.3) is 0 Å². The normalized spacial score (nSPS) is 12.7. The van der Waals surface area contributed by atoms with Gasteiger partial charge in [-0.15, -0.1) is 4.51 Å². The van der Waals surface area contributed by atoms with Gasteiger partial charge in [-0.2, -0.15) is 13.2 Å². The highest BCUT2D eigenvalue weighted by molar-refractivity contribution is 6.21. The van der Waals surface area contributed by atoms with Crippen LogP contribution in [0.4, 0.5) is 13.2 Å². The van der Waals surface area contributed by atoms with Gasteiger partial charge in [0.25, 0.3) is 5.91 Å². The van der Waals surface area contributed by atoms with Crippen LogP contribution in [0.15, 0.2) is 22.7 Å². The Bertz CT molecular complexity index is 541. The zero-order chi connectivity index (χ0) is 15.5. The molecule has 3 N–H and O–H groups in total. The van der Waals surface area contributed by atoms with E-state index in [0.717, 1.165) is 6.07 Å². The largest absolute Gasteiger partial charge is 0.416 e. The third-order valence-corrected chi connectivity index (χ3v) is 2.76. The minimum absolute atomic E-state index is 0.119. The van der Waals surface area contributed by atoms with Gasteiger partial charge in [0.15, 0.2) is 0 Å². The molecule has 0 aromatic heterocycles. The SMILES string of the molecule is CC(C)c1ccc(C(=O)NC(N)=NCl)cc1C(F)(F)F. The number of hydrogen-bond acceptors (Lipinski definition) is 2. The number of nitrogens with zero attached hydrogens (tertiary/aromatic N) is 1. The van der Waals surface area contributed by atoms with Gasteiger partial charge < -0.3 is 5.73 Å². The number of carbonyl (C=O) groups excluding carboxylic acids is 1. The van der Waals surface area contributed by atoms with Crippen LogP contribution in [-0.4, -0.2) is 11.9 Å². The minimum atomic E-state index is -4.54. The fraction of sp³-hybridized carbons (Fsp3) is 0.333. The van der Waals surface area contributed by atoms with Gasteiger partial charge in [0.05, 0.1) is 5.56 Å². The number of nitrogens with two attached hydrogens (primary N) is 1. The summed E-state index contributed by atoms with van der Waals surface area (Å²) in [5.41, 5.74) is 4.27. The van der Waals surface area contributed by atoms with Crippen molar-refractivity contribution in [1.29, 1.82) is 0 Å². The molecule has 0 atom stereocenters. The molecule has 0 saturated carbocycles. The molecule has 110 valence electrons. The molecule has 0 spiro atoms. The van der Waals surface area contributed by atoms with E-state index >= 15 is 0 Å². The molecule has 0 saturated heterocycles. The van der Waals surface area contributed by atoms with Crippen molar-refractivity contribution in [3.8, 4) is 0 Å². The van der Waals surface area contributed by atoms with Crippen molar-refractivity contribution in [1.82, 2.24) is 5.32 Å². The molecule has 0 aliphatic rings. The maximum Gasteiger partial charge on any atom is 0.416 e. The number of hydrogen-bond donors (Lipinski definition) is 2. The monoisotopic (exact) mass is 307 g/mol. The van der Waals surface area contributed by atoms with E-state index < -0.39 is 23.6 Å². The number of amides is 1. The van der Waals surface area contributed by atoms with Gasteiger partial charge in [0.2, 0.25) is 5.96 Å². The predicted molar refractivity (Wildman–Crippen MR) is 70.5 cm³/mol. The summed E-state index contributed by atoms with van der Waals surface area (Å²) in [6.07, 6.45) is -4.54. The average Bonchev–Trinajstić information content (AvgIpc) is 2.36. The van der Waals surface area contributed by atoms with Crippen molar-refractivity contribution in [2.45, 2.75) is 25.9 Å². The van der Waals surface area contributed by atoms with Gasteiger partial charge in [-0.05, 0) is 23.6 Å². The summed E-state index contributed by atoms with van der Waals surface area (Å²) in [5.74, 6) is -1.52. The maximum absolute atomic E-state index is 13.0. The molecule has 0 radical (unpaired) electrons. The molecule has 1 amide bonds. The number of nitrogens with one attached hydrogen (secondary N) is 1. The number of rotatable bonds is 2. The Morgan fingerprint density at radius 2 is 2.00 bits per heavy atom. The summed E-state index contributed by atoms with van der Waals surface area (Å²) < 4.78 is 41.9. The summed E-state index contributed by atoms with van der Waals surface area (Å²) in [4.78, 5) is 11.7. The maximum atomic E-state index is 13.0. The highest BCUT2D eigenvalue weighted by atomic mass is 35.5. The lowest BCUT2D eigenvalue weighted by Crippen LogP contribution is -2.36. The summed E-state index contributed by atoms with van der Waals surface area (Å²) in [6.45, 7) is 3.28. The fourth-order valence-corrected chi connectivity index (χ4v) is 1.70. The lowest BCUT2D eigenvalue weighted by Gasteiger charge is -2.16. The van der Waals surface area contributed by atoms with Crippen LogP contribution >= 0.6 is 11.8 Å². The smallest absolute Gasteiger partial charge is 0.369 e. The van der Waals surface area contributed by atoms with E-state index in [1.54, 1.807) is 13.8 Å². The van der Waals surface area contributed by atoms with Crippen LogP contribution in [0.5, 0.6) is 0 Å². The van der Waals surface area contributed by atoms with Crippen molar-refractivity contribution >= 4 is 23.6 Å². The summed E-state index contributed by atoms with van der Waals surface area (Å²) in [5, 5.41) is 2.06. The van der Waals surface area contributed by atoms with Crippen LogP contribution in [0, 0.1) is 0 Å². The first-order chi connectivity index (χ1) is 9.16. The molecule has 1 rings (SSSR count). The molecular weight excluding hydrogens is 295 g/mol. The van der Waals surface area contributed by atoms with Crippen molar-refractivity contribution in [3.05, 3.63) is 34.9 Å². The van der Waals surface area contributed by atoms with Gasteiger partial charge in [-0.1, -0.05) is 19.9 Å². The summed E-state index contributed by atoms with van der Waals surface area (Å²) >= 11 is 5.02. The number of carbonyl (C=O) groups is 1. The Morgan fingerprint density at radius 3 is 2.45 bits per heavy atom. The molecular formula is C12H13ClF3N3O. The second kappa shape index (κ2) is 6.13. The molecule has 1 aromatic rings. The van der Waals surface area contributed by atoms with Crippen molar-refractivity contribution < 1.29 is 18.0 Å². The van der Waals surface area contributed by atoms with Crippen LogP contribution in [0.2, 0.25) is 0 Å². The standard InChI is InChI=1S/C12H13ClF3N3O/c1-6(2)8-4-3-7(5-9(8)12(14,15)16)10(20)18-11(17)19-13/h3-6H,1-2H3,(H3,17,18,19,20). The second-order valence-electron chi connectivity index (χ2n) is 4.38. The van der Waals surface area contributed by atoms with Crippen LogP contribution in [0.1, 0.15) is 41.3 Å². The molecule has 20 heavy (non-hydrogen) atoms. The van der Waals surface area contributed by atoms with Crippen LogP contribution in [0.3, 0.4) is 0 Å². The van der Waals surface area contributed by atoms with Gasteiger partial charge in [0.1, 0.15) is 0 Å². The van der Waals surface area contributed by atoms with E-state index in [2.05, 4.69) is 9.83 Å². The quantitative estimate of drug-likeness (QED) is 0.651. The van der Waals surface area contributed by atoms with Gasteiger partial charge in [-0.3, -0.25) is 10.1 Å². The second-order valence-corrected chi connectivity index (χ2v) is 4.55. The third-order valence-electron chi connectivity index (χ3n) is 2.58. The van der Waals surface area contributed by atoms with E-state index in [4.69, 9.17) is 17.5 Å². The van der Waals surface area contributed by atoms with Gasteiger partial charge >= 0.3 is 6.18 Å². The Hall–Kier alpha value is -1.76. The molecule has 1 aromatic carbocycles. The molecule has 0 fully saturated rings. The van der Waals surface area contributed by atoms with E-state index in [0.29, 0.717) is 0 Å². The highest BCUT2D eigenvalue weighted by Gasteiger charge is 2.34. The number of alkyl halides is 3. The third kappa shape index (κ3) is 3.86. The average molecular weight is 308 g/mol. The molecule has 0 unspecified atom stereocenters. The molecule has 0 aliphatic heterocycles. The van der Waals surface area contributed by atoms with E-state index in [-0.39, 0.29) is 17.0 Å². The van der Waals surface area contributed by atoms with Crippen molar-refractivity contribution in [2.75, 3.05) is 0 Å². The Morgan fingerprint density at radius 1 is 1.40 bits per heavy atom. The predicted octanol–water partition coefficient (Wildman–Crippen LogP) is 3.03. The van der Waals surface area contributed by atoms with Gasteiger partial charge in [-0.25, -0.2) is 0 Å². The van der Waals surface area contributed by atoms with Crippen LogP contribution in [-0.2, 0) is 6.18 Å². The van der Waals surface area contributed by atoms with Gasteiger partial charge in [0, 0.05) is 17.3 Å². The summed E-state index contributed by atoms with van der Waals surface area (Å²) in [6, 6.07) is 3.35. The number of halogens is 4. The zero-order valence-electron chi connectivity index (χ0n) is 10.8. The van der Waals surface area contributed by atoms with E-state index in [1.165, 1.54) is 12.1 Å². The van der Waals surface area contributed by atoms with E-state index in [1.807, 2.05) is 0 Å². The Balaban J connectivity index is 3.23. The molecule has 0 heterocycles. The number of guanidine groups is 1.